The minimum Gasteiger partial charge on any atom is -0.341 e. The van der Waals surface area contributed by atoms with E-state index in [1.165, 1.54) is 47.3 Å². The van der Waals surface area contributed by atoms with Crippen LogP contribution in [-0.4, -0.2) is 50.2 Å². The first-order valence-corrected chi connectivity index (χ1v) is 11.9. The molecule has 0 saturated carbocycles. The molecule has 4 aromatic rings. The zero-order chi connectivity index (χ0) is 25.2. The Hall–Kier alpha value is -4.19. The highest BCUT2D eigenvalue weighted by atomic mass is 32.1. The van der Waals surface area contributed by atoms with Gasteiger partial charge in [0, 0.05) is 36.0 Å². The predicted molar refractivity (Wildman–Crippen MR) is 130 cm³/mol. The van der Waals surface area contributed by atoms with Gasteiger partial charge >= 0.3 is 6.03 Å². The molecule has 2 aromatic carbocycles. The van der Waals surface area contributed by atoms with Gasteiger partial charge in [-0.25, -0.2) is 28.2 Å². The van der Waals surface area contributed by atoms with E-state index in [-0.39, 0.29) is 24.3 Å². The minimum absolute atomic E-state index is 0.0849. The van der Waals surface area contributed by atoms with Crippen molar-refractivity contribution in [2.24, 2.45) is 0 Å². The van der Waals surface area contributed by atoms with Crippen molar-refractivity contribution >= 4 is 28.4 Å². The van der Waals surface area contributed by atoms with Gasteiger partial charge in [0.25, 0.3) is 0 Å². The summed E-state index contributed by atoms with van der Waals surface area (Å²) < 4.78 is 28.4. The van der Waals surface area contributed by atoms with Crippen LogP contribution in [0.3, 0.4) is 0 Å². The first-order valence-electron chi connectivity index (χ1n) is 11.1. The fourth-order valence-electron chi connectivity index (χ4n) is 3.84. The van der Waals surface area contributed by atoms with Gasteiger partial charge in [-0.15, -0.1) is 5.10 Å². The van der Waals surface area contributed by atoms with Crippen LogP contribution >= 0.6 is 11.3 Å². The van der Waals surface area contributed by atoms with Crippen molar-refractivity contribution in [3.63, 3.8) is 0 Å². The Labute approximate surface area is 208 Å². The lowest BCUT2D eigenvalue weighted by atomic mass is 10.2. The smallest absolute Gasteiger partial charge is 0.320 e. The first kappa shape index (κ1) is 23.5. The van der Waals surface area contributed by atoms with E-state index in [9.17, 15) is 18.4 Å². The largest absolute Gasteiger partial charge is 0.341 e. The molecule has 184 valence electrons. The van der Waals surface area contributed by atoms with Gasteiger partial charge in [-0.1, -0.05) is 11.3 Å². The van der Waals surface area contributed by atoms with Crippen LogP contribution in [0.25, 0.3) is 22.8 Å². The van der Waals surface area contributed by atoms with Crippen LogP contribution in [0.2, 0.25) is 0 Å². The van der Waals surface area contributed by atoms with Crippen molar-refractivity contribution < 1.29 is 18.4 Å². The van der Waals surface area contributed by atoms with Crippen LogP contribution < -0.4 is 10.6 Å². The van der Waals surface area contributed by atoms with E-state index in [0.29, 0.717) is 47.4 Å². The normalized spacial score (nSPS) is 12.8. The van der Waals surface area contributed by atoms with Crippen LogP contribution in [-0.2, 0) is 24.3 Å². The number of hydrogen-bond acceptors (Lipinski definition) is 6. The fraction of sp³-hybridized carbons (Fsp3) is 0.208. The van der Waals surface area contributed by atoms with E-state index in [1.54, 1.807) is 29.2 Å². The average molecular weight is 510 g/mol. The Morgan fingerprint density at radius 1 is 1.00 bits per heavy atom. The molecule has 0 bridgehead atoms. The summed E-state index contributed by atoms with van der Waals surface area (Å²) in [6.45, 7) is 0.755. The standard InChI is InChI=1S/C24H21F2N7O2S/c1-27-23(35)30-24-28-18-10-11-32(12-19(18)36-24)20(34)13-33-22(15-4-8-17(26)9-5-15)29-21(31-33)14-2-6-16(25)7-3-14/h2-9H,10-13H2,1H3,(H2,27,28,30,35). The van der Waals surface area contributed by atoms with Gasteiger partial charge in [0.05, 0.1) is 12.2 Å². The third-order valence-electron chi connectivity index (χ3n) is 5.69. The molecule has 3 amide bonds. The number of fused-ring (bicyclic) bond motifs is 1. The predicted octanol–water partition coefficient (Wildman–Crippen LogP) is 3.68. The van der Waals surface area contributed by atoms with E-state index >= 15 is 0 Å². The zero-order valence-electron chi connectivity index (χ0n) is 19.2. The molecule has 36 heavy (non-hydrogen) atoms. The maximum Gasteiger partial charge on any atom is 0.320 e. The highest BCUT2D eigenvalue weighted by molar-refractivity contribution is 7.15. The number of halogens is 2. The number of benzene rings is 2. The van der Waals surface area contributed by atoms with Crippen molar-refractivity contribution in [1.82, 2.24) is 30.0 Å². The molecule has 12 heteroatoms. The lowest BCUT2D eigenvalue weighted by Crippen LogP contribution is -2.37. The second kappa shape index (κ2) is 9.82. The molecule has 0 saturated heterocycles. The highest BCUT2D eigenvalue weighted by Gasteiger charge is 2.26. The average Bonchev–Trinajstić information content (AvgIpc) is 3.48. The number of anilines is 1. The van der Waals surface area contributed by atoms with Crippen molar-refractivity contribution in [2.45, 2.75) is 19.5 Å². The Bertz CT molecular complexity index is 1420. The number of nitrogens with zero attached hydrogens (tertiary/aromatic N) is 5. The van der Waals surface area contributed by atoms with Crippen molar-refractivity contribution in [1.29, 1.82) is 0 Å². The monoisotopic (exact) mass is 509 g/mol. The molecule has 2 aromatic heterocycles. The lowest BCUT2D eigenvalue weighted by molar-refractivity contribution is -0.132. The van der Waals surface area contributed by atoms with Gasteiger partial charge < -0.3 is 10.2 Å². The number of hydrogen-bond donors (Lipinski definition) is 2. The molecule has 0 unspecified atom stereocenters. The number of carbonyl (C=O) groups is 2. The van der Waals surface area contributed by atoms with Gasteiger partial charge in [-0.2, -0.15) is 0 Å². The molecule has 5 rings (SSSR count). The van der Waals surface area contributed by atoms with E-state index in [2.05, 4.69) is 25.7 Å². The molecule has 0 spiro atoms. The molecule has 0 aliphatic carbocycles. The minimum atomic E-state index is -0.390. The summed E-state index contributed by atoms with van der Waals surface area (Å²) in [6, 6.07) is 11.2. The fourth-order valence-corrected chi connectivity index (χ4v) is 4.85. The number of nitrogens with one attached hydrogen (secondary N) is 2. The van der Waals surface area contributed by atoms with Crippen molar-refractivity contribution in [2.75, 3.05) is 18.9 Å². The maximum atomic E-state index is 13.5. The Morgan fingerprint density at radius 3 is 2.33 bits per heavy atom. The summed E-state index contributed by atoms with van der Waals surface area (Å²) >= 11 is 1.33. The second-order valence-corrected chi connectivity index (χ2v) is 9.17. The summed E-state index contributed by atoms with van der Waals surface area (Å²) in [7, 11) is 1.52. The maximum absolute atomic E-state index is 13.5. The van der Waals surface area contributed by atoms with Gasteiger partial charge in [-0.3, -0.25) is 10.1 Å². The van der Waals surface area contributed by atoms with Crippen LogP contribution in [0.4, 0.5) is 18.7 Å². The number of urea groups is 1. The van der Waals surface area contributed by atoms with Crippen LogP contribution in [0.15, 0.2) is 48.5 Å². The Morgan fingerprint density at radius 2 is 1.67 bits per heavy atom. The third-order valence-corrected chi connectivity index (χ3v) is 6.69. The number of thiazole rings is 1. The van der Waals surface area contributed by atoms with E-state index < -0.39 is 5.82 Å². The number of aromatic nitrogens is 4. The third kappa shape index (κ3) is 4.93. The van der Waals surface area contributed by atoms with Gasteiger partial charge in [0.1, 0.15) is 18.2 Å². The summed E-state index contributed by atoms with van der Waals surface area (Å²) in [5.74, 6) is -0.216. The molecular weight excluding hydrogens is 488 g/mol. The molecule has 1 aliphatic heterocycles. The van der Waals surface area contributed by atoms with Crippen LogP contribution in [0.1, 0.15) is 10.6 Å². The SMILES string of the molecule is CNC(=O)Nc1nc2c(s1)CN(C(=O)Cn1nc(-c3ccc(F)cc3)nc1-c1ccc(F)cc1)CC2. The second-order valence-electron chi connectivity index (χ2n) is 8.09. The van der Waals surface area contributed by atoms with Gasteiger partial charge in [0.15, 0.2) is 16.8 Å². The number of carbonyl (C=O) groups excluding carboxylic acids is 2. The molecule has 1 aliphatic rings. The molecule has 9 nitrogen and oxygen atoms in total. The Balaban J connectivity index is 1.39. The van der Waals surface area contributed by atoms with Crippen molar-refractivity contribution in [3.05, 3.63) is 70.7 Å². The number of rotatable bonds is 5. The van der Waals surface area contributed by atoms with Crippen LogP contribution in [0, 0.1) is 11.6 Å². The summed E-state index contributed by atoms with van der Waals surface area (Å²) in [6.07, 6.45) is 0.565. The molecular formula is C24H21F2N7O2S. The number of amides is 3. The molecule has 2 N–H and O–H groups in total. The van der Waals surface area contributed by atoms with Gasteiger partial charge in [0.2, 0.25) is 5.91 Å². The summed E-state index contributed by atoms with van der Waals surface area (Å²) in [4.78, 5) is 36.5. The summed E-state index contributed by atoms with van der Waals surface area (Å²) in [5.41, 5.74) is 2.05. The lowest BCUT2D eigenvalue weighted by Gasteiger charge is -2.26. The quantitative estimate of drug-likeness (QED) is 0.427. The van der Waals surface area contributed by atoms with E-state index in [4.69, 9.17) is 0 Å². The molecule has 0 fully saturated rings. The summed E-state index contributed by atoms with van der Waals surface area (Å²) in [5, 5.41) is 10.1. The van der Waals surface area contributed by atoms with E-state index in [1.807, 2.05) is 0 Å². The molecule has 3 heterocycles. The Kier molecular flexibility index (Phi) is 6.42. The highest BCUT2D eigenvalue weighted by Crippen LogP contribution is 2.29. The molecule has 0 radical (unpaired) electrons. The molecule has 0 atom stereocenters. The van der Waals surface area contributed by atoms with Gasteiger partial charge in [-0.05, 0) is 48.5 Å². The first-order chi connectivity index (χ1) is 17.4. The zero-order valence-corrected chi connectivity index (χ0v) is 20.0. The van der Waals surface area contributed by atoms with Crippen molar-refractivity contribution in [3.8, 4) is 22.8 Å². The van der Waals surface area contributed by atoms with Crippen LogP contribution in [0.5, 0.6) is 0 Å². The topological polar surface area (TPSA) is 105 Å². The van der Waals surface area contributed by atoms with E-state index in [0.717, 1.165) is 10.6 Å².